The molecule has 7 heteroatoms. The molecule has 2 aliphatic heterocycles. The van der Waals surface area contributed by atoms with E-state index in [1.54, 1.807) is 17.4 Å². The van der Waals surface area contributed by atoms with Crippen LogP contribution in [0.5, 0.6) is 0 Å². The van der Waals surface area contributed by atoms with Gasteiger partial charge < -0.3 is 14.1 Å². The number of aromatic nitrogens is 1. The molecule has 3 rings (SSSR count). The Balaban J connectivity index is 0.000000414. The van der Waals surface area contributed by atoms with Crippen molar-refractivity contribution in [2.45, 2.75) is 99.1 Å². The third kappa shape index (κ3) is 8.76. The van der Waals surface area contributed by atoms with Crippen molar-refractivity contribution in [3.63, 3.8) is 0 Å². The molecule has 2 fully saturated rings. The number of cyclic esters (lactones) is 1. The molecule has 2 saturated heterocycles. The fraction of sp³-hybridized carbons (Fsp3) is 0.783. The van der Waals surface area contributed by atoms with Crippen LogP contribution in [-0.2, 0) is 14.9 Å². The van der Waals surface area contributed by atoms with Crippen molar-refractivity contribution in [1.82, 2.24) is 14.8 Å². The highest BCUT2D eigenvalue weighted by atomic mass is 16.6. The molecule has 3 heterocycles. The molecule has 0 spiro atoms. The Morgan fingerprint density at radius 2 is 1.47 bits per heavy atom. The molecule has 2 aliphatic rings. The molecule has 30 heavy (non-hydrogen) atoms. The summed E-state index contributed by atoms with van der Waals surface area (Å²) in [5.74, 6) is 1.11. The van der Waals surface area contributed by atoms with E-state index < -0.39 is 0 Å². The summed E-state index contributed by atoms with van der Waals surface area (Å²) >= 11 is 0. The molecule has 0 radical (unpaired) electrons. The first kappa shape index (κ1) is 27.9. The van der Waals surface area contributed by atoms with Gasteiger partial charge in [0.25, 0.3) is 0 Å². The standard InChI is InChI=1S/C8H15NO.C7H13NO2.C7H11NO.CH4/c1-8(2,3)9-6-4-5-7(9)10;1-7(2,3)8-4-5-10-6(8)9;1-7(2,3)6-8-4-5-9-6;/h4-6H2,1-3H3;4-5H2,1-3H3;4-5H,1-3H3;1H4. The van der Waals surface area contributed by atoms with E-state index in [4.69, 9.17) is 9.15 Å². The van der Waals surface area contributed by atoms with Crippen LogP contribution < -0.4 is 0 Å². The maximum atomic E-state index is 11.1. The maximum absolute atomic E-state index is 11.1. The summed E-state index contributed by atoms with van der Waals surface area (Å²) in [5, 5.41) is 0. The summed E-state index contributed by atoms with van der Waals surface area (Å²) in [6.07, 6.45) is 4.86. The molecule has 174 valence electrons. The fourth-order valence-electron chi connectivity index (χ4n) is 2.95. The van der Waals surface area contributed by atoms with Gasteiger partial charge in [-0.3, -0.25) is 9.69 Å². The summed E-state index contributed by atoms with van der Waals surface area (Å²) in [6.45, 7) is 20.7. The van der Waals surface area contributed by atoms with Crippen molar-refractivity contribution in [3.8, 4) is 0 Å². The van der Waals surface area contributed by atoms with Crippen LogP contribution in [0, 0.1) is 0 Å². The Morgan fingerprint density at radius 3 is 1.67 bits per heavy atom. The van der Waals surface area contributed by atoms with Crippen molar-refractivity contribution in [2.24, 2.45) is 0 Å². The van der Waals surface area contributed by atoms with Crippen LogP contribution >= 0.6 is 0 Å². The Morgan fingerprint density at radius 1 is 0.900 bits per heavy atom. The van der Waals surface area contributed by atoms with E-state index in [-0.39, 0.29) is 30.0 Å². The molecular weight excluding hydrogens is 382 g/mol. The van der Waals surface area contributed by atoms with Crippen LogP contribution in [0.4, 0.5) is 4.79 Å². The smallest absolute Gasteiger partial charge is 0.410 e. The quantitative estimate of drug-likeness (QED) is 0.567. The summed E-state index contributed by atoms with van der Waals surface area (Å²) in [4.78, 5) is 29.8. The van der Waals surface area contributed by atoms with Crippen LogP contribution in [0.3, 0.4) is 0 Å². The number of hydrogen-bond acceptors (Lipinski definition) is 5. The predicted octanol–water partition coefficient (Wildman–Crippen LogP) is 5.25. The number of amides is 2. The second kappa shape index (κ2) is 10.8. The first-order chi connectivity index (χ1) is 13.1. The monoisotopic (exact) mass is 425 g/mol. The van der Waals surface area contributed by atoms with Crippen LogP contribution in [-0.4, -0.2) is 57.6 Å². The normalized spacial score (nSPS) is 16.8. The van der Waals surface area contributed by atoms with Crippen molar-refractivity contribution < 1.29 is 18.7 Å². The number of oxazole rings is 1. The molecule has 0 saturated carbocycles. The fourth-order valence-corrected chi connectivity index (χ4v) is 2.95. The molecule has 0 aliphatic carbocycles. The minimum atomic E-state index is -0.187. The second-order valence-electron chi connectivity index (χ2n) is 10.3. The third-order valence-electron chi connectivity index (χ3n) is 4.53. The van der Waals surface area contributed by atoms with Crippen LogP contribution in [0.2, 0.25) is 0 Å². The van der Waals surface area contributed by atoms with E-state index in [1.165, 1.54) is 0 Å². The lowest BCUT2D eigenvalue weighted by Crippen LogP contribution is -2.41. The molecule has 1 aromatic rings. The topological polar surface area (TPSA) is 75.9 Å². The van der Waals surface area contributed by atoms with Gasteiger partial charge in [-0.05, 0) is 48.0 Å². The average molecular weight is 426 g/mol. The SMILES string of the molecule is C.CC(C)(C)N1CCCC1=O.CC(C)(C)N1CCOC1=O.CC(C)(C)c1ncco1. The van der Waals surface area contributed by atoms with Gasteiger partial charge >= 0.3 is 6.09 Å². The van der Waals surface area contributed by atoms with Crippen molar-refractivity contribution in [1.29, 1.82) is 0 Å². The molecular formula is C23H43N3O4. The van der Waals surface area contributed by atoms with Crippen LogP contribution in [0.15, 0.2) is 16.9 Å². The van der Waals surface area contributed by atoms with Gasteiger partial charge in [-0.1, -0.05) is 28.2 Å². The summed E-state index contributed by atoms with van der Waals surface area (Å²) in [7, 11) is 0. The zero-order valence-electron chi connectivity index (χ0n) is 19.7. The van der Waals surface area contributed by atoms with E-state index in [0.717, 1.165) is 31.8 Å². The van der Waals surface area contributed by atoms with Gasteiger partial charge in [-0.15, -0.1) is 0 Å². The number of nitrogens with zero attached hydrogens (tertiary/aromatic N) is 3. The van der Waals surface area contributed by atoms with Gasteiger partial charge in [0.05, 0.1) is 12.7 Å². The summed E-state index contributed by atoms with van der Waals surface area (Å²) in [6, 6.07) is 0. The van der Waals surface area contributed by atoms with Gasteiger partial charge in [0.15, 0.2) is 5.89 Å². The van der Waals surface area contributed by atoms with E-state index in [2.05, 4.69) is 46.5 Å². The zero-order valence-corrected chi connectivity index (χ0v) is 19.7. The van der Waals surface area contributed by atoms with Crippen LogP contribution in [0.25, 0.3) is 0 Å². The second-order valence-corrected chi connectivity index (χ2v) is 10.3. The molecule has 0 atom stereocenters. The molecule has 0 unspecified atom stereocenters. The molecule has 0 bridgehead atoms. The maximum Gasteiger partial charge on any atom is 0.410 e. The Hall–Kier alpha value is -2.05. The highest BCUT2D eigenvalue weighted by Gasteiger charge is 2.31. The number of likely N-dealkylation sites (tertiary alicyclic amines) is 1. The minimum Gasteiger partial charge on any atom is -0.448 e. The number of carbonyl (C=O) groups excluding carboxylic acids is 2. The molecule has 7 nitrogen and oxygen atoms in total. The lowest BCUT2D eigenvalue weighted by molar-refractivity contribution is -0.131. The zero-order chi connectivity index (χ0) is 22.5. The van der Waals surface area contributed by atoms with E-state index in [0.29, 0.717) is 12.5 Å². The van der Waals surface area contributed by atoms with Gasteiger partial charge in [0, 0.05) is 29.5 Å². The summed E-state index contributed by atoms with van der Waals surface area (Å²) < 4.78 is 9.87. The number of carbonyl (C=O) groups is 2. The lowest BCUT2D eigenvalue weighted by Gasteiger charge is -2.31. The minimum absolute atomic E-state index is 0. The van der Waals surface area contributed by atoms with Gasteiger partial charge in [0.2, 0.25) is 5.91 Å². The summed E-state index contributed by atoms with van der Waals surface area (Å²) in [5.41, 5.74) is -0.00926. The van der Waals surface area contributed by atoms with Gasteiger partial charge in [-0.2, -0.15) is 0 Å². The predicted molar refractivity (Wildman–Crippen MR) is 120 cm³/mol. The van der Waals surface area contributed by atoms with Crippen molar-refractivity contribution >= 4 is 12.0 Å². The molecule has 0 aromatic carbocycles. The highest BCUT2D eigenvalue weighted by Crippen LogP contribution is 2.21. The van der Waals surface area contributed by atoms with Crippen LogP contribution in [0.1, 0.15) is 88.5 Å². The largest absolute Gasteiger partial charge is 0.448 e. The first-order valence-electron chi connectivity index (χ1n) is 10.3. The Labute approximate surface area is 183 Å². The van der Waals surface area contributed by atoms with Gasteiger partial charge in [-0.25, -0.2) is 9.78 Å². The molecule has 1 aromatic heterocycles. The van der Waals surface area contributed by atoms with Crippen molar-refractivity contribution in [2.75, 3.05) is 19.7 Å². The third-order valence-corrected chi connectivity index (χ3v) is 4.53. The van der Waals surface area contributed by atoms with E-state index in [9.17, 15) is 9.59 Å². The highest BCUT2D eigenvalue weighted by molar-refractivity contribution is 5.78. The van der Waals surface area contributed by atoms with Gasteiger partial charge in [0.1, 0.15) is 12.9 Å². The molecule has 0 N–H and O–H groups in total. The Kier molecular flexibility index (Phi) is 10.1. The van der Waals surface area contributed by atoms with E-state index >= 15 is 0 Å². The van der Waals surface area contributed by atoms with Crippen molar-refractivity contribution in [3.05, 3.63) is 18.4 Å². The Bertz CT molecular complexity index is 613. The number of ether oxygens (including phenoxy) is 1. The average Bonchev–Trinajstić information content (AvgIpc) is 3.25. The lowest BCUT2D eigenvalue weighted by atomic mass is 9.97. The van der Waals surface area contributed by atoms with E-state index in [1.807, 2.05) is 25.7 Å². The first-order valence-corrected chi connectivity index (χ1v) is 10.3. The number of rotatable bonds is 0. The number of hydrogen-bond donors (Lipinski definition) is 0. The molecule has 2 amide bonds.